The Kier molecular flexibility index (Phi) is 5.74. The van der Waals surface area contributed by atoms with E-state index in [1.165, 1.54) is 6.92 Å². The molecule has 0 spiro atoms. The molecule has 2 aliphatic rings. The highest BCUT2D eigenvalue weighted by Crippen LogP contribution is 2.25. The van der Waals surface area contributed by atoms with Gasteiger partial charge in [-0.3, -0.25) is 19.4 Å². The van der Waals surface area contributed by atoms with E-state index in [1.54, 1.807) is 0 Å². The molecular weight excluding hydrogens is 288 g/mol. The summed E-state index contributed by atoms with van der Waals surface area (Å²) < 4.78 is 0. The predicted octanol–water partition coefficient (Wildman–Crippen LogP) is -2.17. The van der Waals surface area contributed by atoms with Crippen LogP contribution in [0.15, 0.2) is 0 Å². The third-order valence-corrected chi connectivity index (χ3v) is 4.44. The summed E-state index contributed by atoms with van der Waals surface area (Å²) in [6.45, 7) is 3.75. The van der Waals surface area contributed by atoms with E-state index in [9.17, 15) is 19.8 Å². The van der Waals surface area contributed by atoms with Crippen molar-refractivity contribution >= 4 is 11.8 Å². The molecule has 2 rings (SSSR count). The van der Waals surface area contributed by atoms with Gasteiger partial charge in [0.15, 0.2) is 0 Å². The first-order valence-electron chi connectivity index (χ1n) is 7.80. The maximum Gasteiger partial charge on any atom is 0.218 e. The molecule has 0 bridgehead atoms. The number of aliphatic hydroxyl groups excluding tert-OH is 2. The van der Waals surface area contributed by atoms with Gasteiger partial charge in [-0.15, -0.1) is 0 Å². The quantitative estimate of drug-likeness (QED) is 0.443. The van der Waals surface area contributed by atoms with Crippen LogP contribution in [0.1, 0.15) is 26.2 Å². The van der Waals surface area contributed by atoms with Crippen LogP contribution in [-0.2, 0) is 9.59 Å². The maximum absolute atomic E-state index is 11.6. The number of likely N-dealkylation sites (tertiary alicyclic amines) is 2. The van der Waals surface area contributed by atoms with Gasteiger partial charge in [-0.2, -0.15) is 0 Å². The molecule has 0 saturated carbocycles. The second-order valence-electron chi connectivity index (χ2n) is 6.15. The summed E-state index contributed by atoms with van der Waals surface area (Å²) in [5.41, 5.74) is 5.19. The van der Waals surface area contributed by atoms with Gasteiger partial charge in [0, 0.05) is 39.5 Å². The minimum Gasteiger partial charge on any atom is -0.389 e. The van der Waals surface area contributed by atoms with Crippen LogP contribution < -0.4 is 11.1 Å². The van der Waals surface area contributed by atoms with Crippen LogP contribution in [0.3, 0.4) is 0 Å². The number of nitrogens with zero attached hydrogens (tertiary/aromatic N) is 2. The monoisotopic (exact) mass is 314 g/mol. The van der Waals surface area contributed by atoms with E-state index >= 15 is 0 Å². The Morgan fingerprint density at radius 1 is 1.32 bits per heavy atom. The Balaban J connectivity index is 2.16. The minimum absolute atomic E-state index is 0.155. The first kappa shape index (κ1) is 17.1. The highest BCUT2D eigenvalue weighted by molar-refractivity contribution is 5.74. The first-order valence-corrected chi connectivity index (χ1v) is 7.80. The molecule has 2 aliphatic heterocycles. The normalized spacial score (nSPS) is 31.3. The Morgan fingerprint density at radius 3 is 2.50 bits per heavy atom. The number of primary amides is 1. The van der Waals surface area contributed by atoms with E-state index in [2.05, 4.69) is 10.2 Å². The second-order valence-corrected chi connectivity index (χ2v) is 6.15. The van der Waals surface area contributed by atoms with Gasteiger partial charge >= 0.3 is 0 Å². The van der Waals surface area contributed by atoms with Crippen molar-refractivity contribution in [3.8, 4) is 0 Å². The van der Waals surface area contributed by atoms with Crippen LogP contribution in [0.5, 0.6) is 0 Å². The maximum atomic E-state index is 11.6. The molecule has 2 amide bonds. The highest BCUT2D eigenvalue weighted by atomic mass is 16.3. The molecule has 4 atom stereocenters. The molecule has 8 heteroatoms. The molecule has 0 aromatic carbocycles. The van der Waals surface area contributed by atoms with E-state index in [-0.39, 0.29) is 25.0 Å². The van der Waals surface area contributed by atoms with Gasteiger partial charge in [-0.1, -0.05) is 0 Å². The molecule has 2 saturated heterocycles. The zero-order chi connectivity index (χ0) is 16.3. The van der Waals surface area contributed by atoms with Gasteiger partial charge in [0.25, 0.3) is 0 Å². The number of nitrogens with one attached hydrogen (secondary N) is 1. The van der Waals surface area contributed by atoms with Crippen molar-refractivity contribution in [2.24, 2.45) is 5.73 Å². The van der Waals surface area contributed by atoms with Gasteiger partial charge in [0.05, 0.1) is 18.2 Å². The number of hydrogen-bond donors (Lipinski definition) is 4. The van der Waals surface area contributed by atoms with Crippen molar-refractivity contribution < 1.29 is 19.8 Å². The van der Waals surface area contributed by atoms with E-state index in [4.69, 9.17) is 5.73 Å². The lowest BCUT2D eigenvalue weighted by molar-refractivity contribution is -0.123. The van der Waals surface area contributed by atoms with Crippen LogP contribution in [-0.4, -0.2) is 82.4 Å². The molecule has 4 unspecified atom stereocenters. The molecule has 2 fully saturated rings. The lowest BCUT2D eigenvalue weighted by atomic mass is 10.1. The van der Waals surface area contributed by atoms with Crippen molar-refractivity contribution in [1.29, 1.82) is 0 Å². The number of aliphatic hydroxyl groups is 2. The van der Waals surface area contributed by atoms with Crippen LogP contribution in [0.2, 0.25) is 0 Å². The van der Waals surface area contributed by atoms with Crippen LogP contribution in [0.25, 0.3) is 0 Å². The van der Waals surface area contributed by atoms with Crippen molar-refractivity contribution in [1.82, 2.24) is 15.1 Å². The van der Waals surface area contributed by atoms with E-state index in [1.807, 2.05) is 4.90 Å². The Labute approximate surface area is 130 Å². The van der Waals surface area contributed by atoms with Gasteiger partial charge in [0.2, 0.25) is 11.8 Å². The number of carbonyl (C=O) groups excluding carboxylic acids is 2. The van der Waals surface area contributed by atoms with Gasteiger partial charge in [0.1, 0.15) is 6.17 Å². The summed E-state index contributed by atoms with van der Waals surface area (Å²) in [7, 11) is 0. The Bertz CT molecular complexity index is 414. The first-order chi connectivity index (χ1) is 10.4. The molecule has 0 radical (unpaired) electrons. The van der Waals surface area contributed by atoms with Crippen LogP contribution >= 0.6 is 0 Å². The number of β-amino-alcohol motifs (C(OH)–C–C–N with tert-alkyl or cyclic N) is 1. The van der Waals surface area contributed by atoms with Crippen molar-refractivity contribution in [3.05, 3.63) is 0 Å². The summed E-state index contributed by atoms with van der Waals surface area (Å²) in [5.74, 6) is -0.604. The molecule has 0 aliphatic carbocycles. The zero-order valence-corrected chi connectivity index (χ0v) is 12.9. The predicted molar refractivity (Wildman–Crippen MR) is 79.6 cm³/mol. The molecule has 22 heavy (non-hydrogen) atoms. The number of rotatable bonds is 6. The van der Waals surface area contributed by atoms with E-state index in [0.717, 1.165) is 25.9 Å². The van der Waals surface area contributed by atoms with E-state index in [0.29, 0.717) is 6.54 Å². The number of nitrogens with two attached hydrogens (primary N) is 1. The standard InChI is InChI=1S/C14H26N4O4/c1-9(19)16-14(17-5-2-3-6-17)12-13(22)10(20)8-18(12)7-4-11(15)21/h10,12-14,20,22H,2-8H2,1H3,(H2,15,21)(H,16,19). The Morgan fingerprint density at radius 2 is 1.95 bits per heavy atom. The SMILES string of the molecule is CC(=O)NC(C1C(O)C(O)CN1CCC(N)=O)N1CCCC1. The smallest absolute Gasteiger partial charge is 0.218 e. The number of carbonyl (C=O) groups is 2. The molecule has 0 aromatic rings. The van der Waals surface area contributed by atoms with Crippen molar-refractivity contribution in [2.45, 2.75) is 50.6 Å². The van der Waals surface area contributed by atoms with Crippen LogP contribution in [0.4, 0.5) is 0 Å². The van der Waals surface area contributed by atoms with Crippen LogP contribution in [0, 0.1) is 0 Å². The fraction of sp³-hybridized carbons (Fsp3) is 0.857. The molecule has 0 aromatic heterocycles. The zero-order valence-electron chi connectivity index (χ0n) is 12.9. The topological polar surface area (TPSA) is 119 Å². The lowest BCUT2D eigenvalue weighted by Crippen LogP contribution is -2.60. The molecule has 8 nitrogen and oxygen atoms in total. The summed E-state index contributed by atoms with van der Waals surface area (Å²) in [6.07, 6.45) is 0.0101. The third kappa shape index (κ3) is 3.95. The average Bonchev–Trinajstić information content (AvgIpc) is 3.04. The van der Waals surface area contributed by atoms with Crippen molar-refractivity contribution in [3.63, 3.8) is 0 Å². The minimum atomic E-state index is -0.967. The van der Waals surface area contributed by atoms with Gasteiger partial charge < -0.3 is 21.3 Å². The summed E-state index contributed by atoms with van der Waals surface area (Å²) in [4.78, 5) is 26.5. The summed E-state index contributed by atoms with van der Waals surface area (Å²) in [6, 6.07) is -0.448. The third-order valence-electron chi connectivity index (χ3n) is 4.44. The lowest BCUT2D eigenvalue weighted by Gasteiger charge is -2.38. The largest absolute Gasteiger partial charge is 0.389 e. The second kappa shape index (κ2) is 7.36. The molecule has 2 heterocycles. The van der Waals surface area contributed by atoms with Gasteiger partial charge in [-0.05, 0) is 12.8 Å². The number of amides is 2. The average molecular weight is 314 g/mol. The number of hydrogen-bond acceptors (Lipinski definition) is 6. The fourth-order valence-corrected chi connectivity index (χ4v) is 3.41. The molecule has 126 valence electrons. The summed E-state index contributed by atoms with van der Waals surface area (Å²) in [5, 5.41) is 23.2. The van der Waals surface area contributed by atoms with Crippen molar-refractivity contribution in [2.75, 3.05) is 26.2 Å². The van der Waals surface area contributed by atoms with Gasteiger partial charge in [-0.25, -0.2) is 0 Å². The Hall–Kier alpha value is -1.22. The summed E-state index contributed by atoms with van der Waals surface area (Å²) >= 11 is 0. The fourth-order valence-electron chi connectivity index (χ4n) is 3.41. The molecular formula is C14H26N4O4. The highest BCUT2D eigenvalue weighted by Gasteiger charge is 2.46. The van der Waals surface area contributed by atoms with E-state index < -0.39 is 24.2 Å². The molecule has 5 N–H and O–H groups in total.